The zero-order chi connectivity index (χ0) is 21.8. The lowest BCUT2D eigenvalue weighted by molar-refractivity contribution is 0.0930. The summed E-state index contributed by atoms with van der Waals surface area (Å²) in [5.41, 5.74) is 4.71. The third-order valence-corrected chi connectivity index (χ3v) is 6.20. The highest BCUT2D eigenvalue weighted by atomic mass is 16.5. The second-order valence-corrected chi connectivity index (χ2v) is 8.39. The molecular formula is C26H31N3O2. The average molecular weight is 418 g/mol. The quantitative estimate of drug-likeness (QED) is 0.641. The number of nitrogens with zero attached hydrogens (tertiary/aromatic N) is 1. The molecule has 5 rings (SSSR count). The Morgan fingerprint density at radius 3 is 2.55 bits per heavy atom. The molecule has 2 N–H and O–H groups in total. The van der Waals surface area contributed by atoms with E-state index in [9.17, 15) is 4.79 Å². The second-order valence-electron chi connectivity index (χ2n) is 8.39. The van der Waals surface area contributed by atoms with Crippen molar-refractivity contribution >= 4 is 16.8 Å². The van der Waals surface area contributed by atoms with E-state index >= 15 is 0 Å². The molecule has 0 bridgehead atoms. The van der Waals surface area contributed by atoms with Crippen molar-refractivity contribution in [1.29, 1.82) is 0 Å². The molecule has 0 spiro atoms. The number of amides is 1. The van der Waals surface area contributed by atoms with Gasteiger partial charge in [0.25, 0.3) is 5.91 Å². The summed E-state index contributed by atoms with van der Waals surface area (Å²) in [7, 11) is 1.62. The molecule has 1 saturated carbocycles. The van der Waals surface area contributed by atoms with E-state index in [0.29, 0.717) is 11.3 Å². The first-order chi connectivity index (χ1) is 15.1. The molecule has 5 heteroatoms. The lowest BCUT2D eigenvalue weighted by Crippen LogP contribution is -2.35. The Morgan fingerprint density at radius 2 is 1.94 bits per heavy atom. The first kappa shape index (κ1) is 21.3. The predicted octanol–water partition coefficient (Wildman–Crippen LogP) is 4.51. The van der Waals surface area contributed by atoms with Crippen LogP contribution in [-0.4, -0.2) is 31.1 Å². The van der Waals surface area contributed by atoms with Crippen molar-refractivity contribution in [3.8, 4) is 5.75 Å². The van der Waals surface area contributed by atoms with Crippen molar-refractivity contribution in [2.75, 3.05) is 20.2 Å². The monoisotopic (exact) mass is 417 g/mol. The van der Waals surface area contributed by atoms with E-state index in [1.165, 1.54) is 30.6 Å². The maximum absolute atomic E-state index is 13.1. The van der Waals surface area contributed by atoms with Gasteiger partial charge in [-0.3, -0.25) is 9.78 Å². The van der Waals surface area contributed by atoms with Crippen LogP contribution in [0.5, 0.6) is 5.75 Å². The fraction of sp³-hybridized carbons (Fsp3) is 0.385. The summed E-state index contributed by atoms with van der Waals surface area (Å²) in [4.78, 5) is 17.6. The fourth-order valence-electron chi connectivity index (χ4n) is 3.86. The van der Waals surface area contributed by atoms with Crippen LogP contribution in [0.2, 0.25) is 0 Å². The Bertz CT molecular complexity index is 1080. The van der Waals surface area contributed by atoms with E-state index in [1.54, 1.807) is 7.11 Å². The molecule has 0 radical (unpaired) electrons. The van der Waals surface area contributed by atoms with Gasteiger partial charge in [0.1, 0.15) is 5.75 Å². The van der Waals surface area contributed by atoms with Gasteiger partial charge in [-0.15, -0.1) is 0 Å². The number of hydrogen-bond donors (Lipinski definition) is 2. The van der Waals surface area contributed by atoms with Gasteiger partial charge in [-0.2, -0.15) is 0 Å². The number of aryl methyl sites for hydroxylation is 2. The zero-order valence-electron chi connectivity index (χ0n) is 18.6. The third kappa shape index (κ3) is 4.57. The van der Waals surface area contributed by atoms with Crippen molar-refractivity contribution in [1.82, 2.24) is 15.6 Å². The number of methoxy groups -OCH3 is 1. The Kier molecular flexibility index (Phi) is 6.23. The van der Waals surface area contributed by atoms with Crippen LogP contribution in [0, 0.1) is 6.92 Å². The highest BCUT2D eigenvalue weighted by Gasteiger charge is 2.47. The summed E-state index contributed by atoms with van der Waals surface area (Å²) >= 11 is 0. The summed E-state index contributed by atoms with van der Waals surface area (Å²) in [6.45, 7) is 6.59. The van der Waals surface area contributed by atoms with Gasteiger partial charge < -0.3 is 15.4 Å². The van der Waals surface area contributed by atoms with Crippen LogP contribution in [0.1, 0.15) is 53.2 Å². The lowest BCUT2D eigenvalue weighted by atomic mass is 9.95. The van der Waals surface area contributed by atoms with Crippen molar-refractivity contribution in [3.05, 3.63) is 70.9 Å². The predicted molar refractivity (Wildman–Crippen MR) is 125 cm³/mol. The molecule has 3 aromatic rings. The van der Waals surface area contributed by atoms with Gasteiger partial charge in [0.15, 0.2) is 0 Å². The summed E-state index contributed by atoms with van der Waals surface area (Å²) < 4.78 is 5.29. The van der Waals surface area contributed by atoms with Crippen molar-refractivity contribution in [2.45, 2.75) is 45.1 Å². The number of nitrogens with one attached hydrogen (secondary N) is 2. The molecule has 1 aliphatic carbocycles. The van der Waals surface area contributed by atoms with Crippen LogP contribution in [-0.2, 0) is 12.0 Å². The van der Waals surface area contributed by atoms with Crippen LogP contribution in [0.25, 0.3) is 10.9 Å². The van der Waals surface area contributed by atoms with E-state index in [4.69, 9.17) is 4.74 Å². The molecule has 5 nitrogen and oxygen atoms in total. The largest absolute Gasteiger partial charge is 0.497 e. The molecule has 162 valence electrons. The van der Waals surface area contributed by atoms with Gasteiger partial charge in [0, 0.05) is 17.1 Å². The molecule has 2 aromatic carbocycles. The molecule has 0 unspecified atom stereocenters. The third-order valence-electron chi connectivity index (χ3n) is 6.20. The number of pyridine rings is 1. The number of fused-ring (bicyclic) bond motifs is 1. The topological polar surface area (TPSA) is 63.2 Å². The molecule has 0 atom stereocenters. The normalized spacial score (nSPS) is 16.0. The second kappa shape index (κ2) is 9.06. The summed E-state index contributed by atoms with van der Waals surface area (Å²) in [6, 6.07) is 14.0. The number of carbonyl (C=O) groups is 1. The van der Waals surface area contributed by atoms with E-state index < -0.39 is 0 Å². The average Bonchev–Trinajstić information content (AvgIpc) is 3.52. The minimum atomic E-state index is -0.306. The van der Waals surface area contributed by atoms with Crippen LogP contribution >= 0.6 is 0 Å². The summed E-state index contributed by atoms with van der Waals surface area (Å²) in [6.07, 6.45) is 6.04. The molecule has 2 heterocycles. The molecule has 1 aliphatic heterocycles. The highest BCUT2D eigenvalue weighted by molar-refractivity contribution is 5.97. The first-order valence-corrected chi connectivity index (χ1v) is 11.1. The highest BCUT2D eigenvalue weighted by Crippen LogP contribution is 2.48. The molecule has 1 saturated heterocycles. The molecule has 2 fully saturated rings. The maximum Gasteiger partial charge on any atom is 0.252 e. The fourth-order valence-corrected chi connectivity index (χ4v) is 3.86. The minimum Gasteiger partial charge on any atom is -0.497 e. The Balaban J connectivity index is 0.000000520. The number of rotatable bonds is 5. The van der Waals surface area contributed by atoms with Crippen LogP contribution in [0.3, 0.4) is 0 Å². The lowest BCUT2D eigenvalue weighted by Gasteiger charge is -2.21. The van der Waals surface area contributed by atoms with Crippen LogP contribution < -0.4 is 15.4 Å². The van der Waals surface area contributed by atoms with Gasteiger partial charge in [0.2, 0.25) is 0 Å². The molecule has 1 aromatic heterocycles. The Hall–Kier alpha value is -2.92. The smallest absolute Gasteiger partial charge is 0.252 e. The number of hydrogen-bond acceptors (Lipinski definition) is 4. The standard InChI is InChI=1S/C23H24N2O2.C3H7N/c1-4-16-12-20(18-6-5-11-24-21(18)13-16)23(9-10-23)25-22(26)19-14-17(27-3)8-7-15(19)2;1-2-4-3-1/h5-8,11-14H,4,9-10H2,1-3H3,(H,25,26);4H,1-3H2. The van der Waals surface area contributed by atoms with Gasteiger partial charge in [0.05, 0.1) is 18.2 Å². The molecular weight excluding hydrogens is 386 g/mol. The minimum absolute atomic E-state index is 0.0529. The van der Waals surface area contributed by atoms with Gasteiger partial charge in [-0.1, -0.05) is 25.1 Å². The van der Waals surface area contributed by atoms with Gasteiger partial charge in [-0.05, 0) is 86.7 Å². The Labute approximate surface area is 184 Å². The number of carbonyl (C=O) groups excluding carboxylic acids is 1. The Morgan fingerprint density at radius 1 is 1.19 bits per heavy atom. The number of ether oxygens (including phenoxy) is 1. The SMILES string of the molecule is C1CNC1.CCc1cc(C2(NC(=O)c3cc(OC)ccc3C)CC2)c2cccnc2c1. The van der Waals surface area contributed by atoms with E-state index in [2.05, 4.69) is 40.7 Å². The van der Waals surface area contributed by atoms with Crippen LogP contribution in [0.15, 0.2) is 48.7 Å². The molecule has 1 amide bonds. The summed E-state index contributed by atoms with van der Waals surface area (Å²) in [5, 5.41) is 7.54. The van der Waals surface area contributed by atoms with Crippen molar-refractivity contribution < 1.29 is 9.53 Å². The van der Waals surface area contributed by atoms with E-state index in [1.807, 2.05) is 37.4 Å². The molecule has 2 aliphatic rings. The number of benzene rings is 2. The first-order valence-electron chi connectivity index (χ1n) is 11.1. The summed E-state index contributed by atoms with van der Waals surface area (Å²) in [5.74, 6) is 0.640. The van der Waals surface area contributed by atoms with Crippen molar-refractivity contribution in [3.63, 3.8) is 0 Å². The van der Waals surface area contributed by atoms with E-state index in [0.717, 1.165) is 35.7 Å². The van der Waals surface area contributed by atoms with Crippen LogP contribution in [0.4, 0.5) is 0 Å². The van der Waals surface area contributed by atoms with Crippen molar-refractivity contribution in [2.24, 2.45) is 0 Å². The van der Waals surface area contributed by atoms with Gasteiger partial charge in [-0.25, -0.2) is 0 Å². The zero-order valence-corrected chi connectivity index (χ0v) is 18.6. The number of aromatic nitrogens is 1. The maximum atomic E-state index is 13.1. The van der Waals surface area contributed by atoms with Gasteiger partial charge >= 0.3 is 0 Å². The van der Waals surface area contributed by atoms with E-state index in [-0.39, 0.29) is 11.4 Å². The molecule has 31 heavy (non-hydrogen) atoms.